The maximum Gasteiger partial charge on any atom is 0.0782 e. The Hall–Kier alpha value is -8.92. The molecule has 15 rings (SSSR count). The summed E-state index contributed by atoms with van der Waals surface area (Å²) in [4.78, 5) is 2.57. The molecule has 0 unspecified atom stereocenters. The van der Waals surface area contributed by atoms with Crippen LogP contribution in [0.2, 0.25) is 0 Å². The van der Waals surface area contributed by atoms with Crippen molar-refractivity contribution in [3.05, 3.63) is 271 Å². The fraction of sp³-hybridized carbons (Fsp3) is 0.0154. The van der Waals surface area contributed by atoms with Crippen molar-refractivity contribution >= 4 is 71.4 Å². The number of para-hydroxylation sites is 4. The van der Waals surface area contributed by atoms with Crippen molar-refractivity contribution in [1.29, 1.82) is 0 Å². The van der Waals surface area contributed by atoms with Crippen LogP contribution >= 0.6 is 0 Å². The second-order valence-electron chi connectivity index (χ2n) is 18.3. The van der Waals surface area contributed by atoms with Gasteiger partial charge in [-0.2, -0.15) is 0 Å². The van der Waals surface area contributed by atoms with Crippen LogP contribution in [0.25, 0.3) is 88.0 Å². The fourth-order valence-electron chi connectivity index (χ4n) is 12.5. The third-order valence-electron chi connectivity index (χ3n) is 15.1. The van der Waals surface area contributed by atoms with E-state index < -0.39 is 5.41 Å². The van der Waals surface area contributed by atoms with Crippen molar-refractivity contribution in [3.8, 4) is 33.6 Å². The number of hydrogen-bond acceptors (Lipinski definition) is 1. The van der Waals surface area contributed by atoms with Gasteiger partial charge >= 0.3 is 0 Å². The largest absolute Gasteiger partial charge is 0.309 e. The highest BCUT2D eigenvalue weighted by Gasteiger charge is 2.52. The molecule has 0 saturated carbocycles. The molecule has 0 atom stereocenters. The highest BCUT2D eigenvalue weighted by atomic mass is 15.2. The summed E-state index contributed by atoms with van der Waals surface area (Å²) < 4.78 is 4.93. The molecule has 0 amide bonds. The minimum absolute atomic E-state index is 0.485. The molecule has 316 valence electrons. The van der Waals surface area contributed by atoms with Crippen LogP contribution in [-0.4, -0.2) is 9.13 Å². The topological polar surface area (TPSA) is 13.1 Å². The molecule has 13 aromatic rings. The molecule has 68 heavy (non-hydrogen) atoms. The second-order valence-corrected chi connectivity index (χ2v) is 18.3. The van der Waals surface area contributed by atoms with Gasteiger partial charge in [0, 0.05) is 43.9 Å². The van der Waals surface area contributed by atoms with E-state index in [4.69, 9.17) is 0 Å². The number of anilines is 3. The van der Waals surface area contributed by atoms with E-state index in [1.807, 2.05) is 0 Å². The van der Waals surface area contributed by atoms with Crippen LogP contribution in [0.15, 0.2) is 249 Å². The lowest BCUT2D eigenvalue weighted by molar-refractivity contribution is 0.794. The quantitative estimate of drug-likeness (QED) is 0.168. The van der Waals surface area contributed by atoms with Gasteiger partial charge < -0.3 is 14.0 Å². The van der Waals surface area contributed by atoms with Crippen molar-refractivity contribution in [2.45, 2.75) is 5.41 Å². The number of hydrogen-bond donors (Lipinski definition) is 0. The van der Waals surface area contributed by atoms with E-state index in [1.54, 1.807) is 0 Å². The Morgan fingerprint density at radius 2 is 0.838 bits per heavy atom. The average molecular weight is 864 g/mol. The van der Waals surface area contributed by atoms with Gasteiger partial charge in [0.05, 0.1) is 44.5 Å². The first-order chi connectivity index (χ1) is 33.8. The lowest BCUT2D eigenvalue weighted by atomic mass is 9.70. The molecule has 0 bridgehead atoms. The highest BCUT2D eigenvalue weighted by Crippen LogP contribution is 2.65. The van der Waals surface area contributed by atoms with Crippen molar-refractivity contribution in [1.82, 2.24) is 9.13 Å². The standard InChI is InChI=1S/C65H41N3/c1-2-21-43(22-3-1)67-58-34-14-9-26-48(58)50-29-17-38-62(64(50)67)66(44-39-40-60-52(41-44)49-27-10-15-35-59(49)68(60)57-36-16-20-42-19-4-5-23-45(42)57)61-37-18-33-56-63(61)51-28-8-13-32-55(51)65(56)53-30-11-6-24-46(53)47-25-7-12-31-54(47)65/h1-41H. The van der Waals surface area contributed by atoms with Crippen LogP contribution < -0.4 is 4.90 Å². The van der Waals surface area contributed by atoms with E-state index in [9.17, 15) is 0 Å². The van der Waals surface area contributed by atoms with Gasteiger partial charge in [-0.15, -0.1) is 0 Å². The van der Waals surface area contributed by atoms with Crippen LogP contribution in [0.3, 0.4) is 0 Å². The maximum absolute atomic E-state index is 2.57. The number of benzene rings is 11. The van der Waals surface area contributed by atoms with Crippen LogP contribution in [0.5, 0.6) is 0 Å². The van der Waals surface area contributed by atoms with Gasteiger partial charge in [0.2, 0.25) is 0 Å². The van der Waals surface area contributed by atoms with Crippen molar-refractivity contribution in [2.75, 3.05) is 4.90 Å². The lowest BCUT2D eigenvalue weighted by Gasteiger charge is -2.32. The van der Waals surface area contributed by atoms with E-state index in [0.717, 1.165) is 28.3 Å². The molecule has 3 nitrogen and oxygen atoms in total. The Balaban J connectivity index is 1.08. The molecular weight excluding hydrogens is 823 g/mol. The van der Waals surface area contributed by atoms with Gasteiger partial charge in [0.1, 0.15) is 0 Å². The minimum atomic E-state index is -0.485. The predicted molar refractivity (Wildman–Crippen MR) is 284 cm³/mol. The van der Waals surface area contributed by atoms with Crippen molar-refractivity contribution < 1.29 is 0 Å². The van der Waals surface area contributed by atoms with E-state index in [0.29, 0.717) is 0 Å². The van der Waals surface area contributed by atoms with Crippen LogP contribution in [0.4, 0.5) is 17.1 Å². The molecule has 0 fully saturated rings. The molecule has 0 aliphatic heterocycles. The summed E-state index contributed by atoms with van der Waals surface area (Å²) >= 11 is 0. The molecule has 2 aromatic heterocycles. The zero-order valence-corrected chi connectivity index (χ0v) is 37.0. The summed E-state index contributed by atoms with van der Waals surface area (Å²) in [5.74, 6) is 0. The molecular formula is C65H41N3. The summed E-state index contributed by atoms with van der Waals surface area (Å²) in [6, 6.07) is 92.5. The first kappa shape index (κ1) is 37.3. The Bertz CT molecular complexity index is 4180. The summed E-state index contributed by atoms with van der Waals surface area (Å²) in [5.41, 5.74) is 20.3. The SMILES string of the molecule is c1ccc(-n2c3ccccc3c3cccc(N(c4ccc5c(c4)c4ccccc4n5-c4cccc5ccccc45)c4cccc5c4-c4ccccc4C54c5ccccc5-c5ccccc54)c32)cc1. The van der Waals surface area contributed by atoms with Gasteiger partial charge in [-0.1, -0.05) is 188 Å². The summed E-state index contributed by atoms with van der Waals surface area (Å²) in [7, 11) is 0. The average Bonchev–Trinajstić information content (AvgIpc) is 4.12. The molecule has 3 heteroatoms. The zero-order chi connectivity index (χ0) is 44.5. The summed E-state index contributed by atoms with van der Waals surface area (Å²) in [5, 5.41) is 7.31. The molecule has 0 N–H and O–H groups in total. The van der Waals surface area contributed by atoms with Gasteiger partial charge in [0.25, 0.3) is 0 Å². The van der Waals surface area contributed by atoms with Gasteiger partial charge in [-0.05, 0) is 105 Å². The smallest absolute Gasteiger partial charge is 0.0782 e. The summed E-state index contributed by atoms with van der Waals surface area (Å²) in [6.07, 6.45) is 0. The van der Waals surface area contributed by atoms with E-state index in [-0.39, 0.29) is 0 Å². The predicted octanol–water partition coefficient (Wildman–Crippen LogP) is 16.8. The van der Waals surface area contributed by atoms with E-state index in [1.165, 1.54) is 99.1 Å². The Morgan fingerprint density at radius 3 is 1.60 bits per heavy atom. The molecule has 0 radical (unpaired) electrons. The first-order valence-electron chi connectivity index (χ1n) is 23.6. The van der Waals surface area contributed by atoms with Crippen LogP contribution in [0.1, 0.15) is 22.3 Å². The van der Waals surface area contributed by atoms with E-state index in [2.05, 4.69) is 263 Å². The summed E-state index contributed by atoms with van der Waals surface area (Å²) in [6.45, 7) is 0. The van der Waals surface area contributed by atoms with Crippen LogP contribution in [0, 0.1) is 0 Å². The molecule has 1 spiro atoms. The highest BCUT2D eigenvalue weighted by molar-refractivity contribution is 6.17. The number of aromatic nitrogens is 2. The van der Waals surface area contributed by atoms with Gasteiger partial charge in [0.15, 0.2) is 0 Å². The minimum Gasteiger partial charge on any atom is -0.309 e. The third-order valence-corrected chi connectivity index (χ3v) is 15.1. The number of rotatable bonds is 5. The molecule has 11 aromatic carbocycles. The number of nitrogens with zero attached hydrogens (tertiary/aromatic N) is 3. The Morgan fingerprint density at radius 1 is 0.324 bits per heavy atom. The third kappa shape index (κ3) is 4.87. The van der Waals surface area contributed by atoms with Crippen molar-refractivity contribution in [2.24, 2.45) is 0 Å². The zero-order valence-electron chi connectivity index (χ0n) is 37.0. The monoisotopic (exact) mass is 863 g/mol. The van der Waals surface area contributed by atoms with E-state index >= 15 is 0 Å². The number of fused-ring (bicyclic) bond motifs is 17. The molecule has 2 aliphatic rings. The van der Waals surface area contributed by atoms with Crippen molar-refractivity contribution in [3.63, 3.8) is 0 Å². The Kier molecular flexibility index (Phi) is 7.71. The molecule has 2 heterocycles. The van der Waals surface area contributed by atoms with Gasteiger partial charge in [-0.25, -0.2) is 0 Å². The lowest BCUT2D eigenvalue weighted by Crippen LogP contribution is -2.26. The second kappa shape index (κ2) is 14.0. The Labute approximate surface area is 393 Å². The van der Waals surface area contributed by atoms with Gasteiger partial charge in [-0.3, -0.25) is 0 Å². The first-order valence-corrected chi connectivity index (χ1v) is 23.6. The molecule has 2 aliphatic carbocycles. The normalized spacial score (nSPS) is 13.1. The fourth-order valence-corrected chi connectivity index (χ4v) is 12.5. The maximum atomic E-state index is 2.57. The molecule has 0 saturated heterocycles. The van der Waals surface area contributed by atoms with Crippen LogP contribution in [-0.2, 0) is 5.41 Å².